The number of hydrogen-bond acceptors (Lipinski definition) is 3. The van der Waals surface area contributed by atoms with Gasteiger partial charge in [-0.3, -0.25) is 4.79 Å². The highest BCUT2D eigenvalue weighted by molar-refractivity contribution is 5.97. The maximum atomic E-state index is 12.7. The monoisotopic (exact) mass is 245 g/mol. The fraction of sp³-hybridized carbons (Fsp3) is 0.400. The van der Waals surface area contributed by atoms with Gasteiger partial charge in [-0.05, 0) is 25.0 Å². The normalized spacial score (nSPS) is 17.6. The molecule has 0 bridgehead atoms. The second kappa shape index (κ2) is 3.61. The minimum absolute atomic E-state index is 0.0225. The number of carbonyl (C=O) groups excluding carboxylic acids is 1. The van der Waals surface area contributed by atoms with Crippen LogP contribution in [0.25, 0.3) is 0 Å². The fourth-order valence-electron chi connectivity index (χ4n) is 1.53. The molecule has 1 aliphatic carbocycles. The number of primary amides is 1. The van der Waals surface area contributed by atoms with E-state index in [2.05, 4.69) is 10.3 Å². The highest BCUT2D eigenvalue weighted by Gasteiger charge is 2.63. The Hall–Kier alpha value is -1.79. The summed E-state index contributed by atoms with van der Waals surface area (Å²) in [6.45, 7) is 0. The van der Waals surface area contributed by atoms with E-state index in [1.165, 1.54) is 18.3 Å². The molecule has 0 aliphatic heterocycles. The number of nitrogens with one attached hydrogen (secondary N) is 1. The Labute approximate surface area is 95.0 Å². The summed E-state index contributed by atoms with van der Waals surface area (Å²) < 4.78 is 38.1. The summed E-state index contributed by atoms with van der Waals surface area (Å²) in [7, 11) is 0. The first-order chi connectivity index (χ1) is 7.86. The molecular weight excluding hydrogens is 235 g/mol. The molecule has 7 heteroatoms. The summed E-state index contributed by atoms with van der Waals surface area (Å²) in [6.07, 6.45) is -3.10. The number of halogens is 3. The van der Waals surface area contributed by atoms with E-state index in [0.717, 1.165) is 0 Å². The van der Waals surface area contributed by atoms with Crippen LogP contribution in [0.2, 0.25) is 0 Å². The van der Waals surface area contributed by atoms with Crippen LogP contribution in [0.5, 0.6) is 0 Å². The topological polar surface area (TPSA) is 68.0 Å². The fourth-order valence-corrected chi connectivity index (χ4v) is 1.53. The molecule has 1 aromatic heterocycles. The first-order valence-electron chi connectivity index (χ1n) is 4.95. The highest BCUT2D eigenvalue weighted by Crippen LogP contribution is 2.51. The van der Waals surface area contributed by atoms with Crippen molar-refractivity contribution in [2.24, 2.45) is 5.73 Å². The van der Waals surface area contributed by atoms with Crippen molar-refractivity contribution in [2.45, 2.75) is 24.6 Å². The maximum Gasteiger partial charge on any atom is 0.411 e. The van der Waals surface area contributed by atoms with E-state index in [4.69, 9.17) is 5.73 Å². The number of aromatic nitrogens is 1. The predicted molar refractivity (Wildman–Crippen MR) is 54.4 cm³/mol. The summed E-state index contributed by atoms with van der Waals surface area (Å²) in [6, 6.07) is 2.78. The van der Waals surface area contributed by atoms with Gasteiger partial charge in [-0.2, -0.15) is 13.2 Å². The van der Waals surface area contributed by atoms with Gasteiger partial charge in [0, 0.05) is 6.20 Å². The van der Waals surface area contributed by atoms with Crippen LogP contribution in [0.15, 0.2) is 18.3 Å². The molecule has 1 aliphatic rings. The van der Waals surface area contributed by atoms with Crippen molar-refractivity contribution in [3.05, 3.63) is 23.9 Å². The molecule has 1 aromatic rings. The number of alkyl halides is 3. The van der Waals surface area contributed by atoms with E-state index in [1.807, 2.05) is 0 Å². The quantitative estimate of drug-likeness (QED) is 0.851. The molecule has 1 amide bonds. The molecule has 1 heterocycles. The smallest absolute Gasteiger partial charge is 0.365 e. The Morgan fingerprint density at radius 2 is 2.12 bits per heavy atom. The molecule has 0 saturated heterocycles. The van der Waals surface area contributed by atoms with Gasteiger partial charge in [-0.15, -0.1) is 0 Å². The Morgan fingerprint density at radius 1 is 1.47 bits per heavy atom. The van der Waals surface area contributed by atoms with Gasteiger partial charge in [0.1, 0.15) is 11.4 Å². The number of nitrogens with two attached hydrogens (primary N) is 1. The lowest BCUT2D eigenvalue weighted by Crippen LogP contribution is -2.39. The van der Waals surface area contributed by atoms with Crippen LogP contribution in [0, 0.1) is 0 Å². The van der Waals surface area contributed by atoms with Gasteiger partial charge in [0.2, 0.25) is 0 Å². The number of amides is 1. The van der Waals surface area contributed by atoms with Crippen LogP contribution >= 0.6 is 0 Å². The van der Waals surface area contributed by atoms with Crippen molar-refractivity contribution in [1.82, 2.24) is 4.98 Å². The lowest BCUT2D eigenvalue weighted by molar-refractivity contribution is -0.151. The predicted octanol–water partition coefficient (Wildman–Crippen LogP) is 1.69. The summed E-state index contributed by atoms with van der Waals surface area (Å²) in [5.41, 5.74) is 3.07. The van der Waals surface area contributed by atoms with Crippen LogP contribution in [-0.4, -0.2) is 22.6 Å². The lowest BCUT2D eigenvalue weighted by atomic mass is 10.2. The minimum Gasteiger partial charge on any atom is -0.365 e. The molecule has 92 valence electrons. The van der Waals surface area contributed by atoms with E-state index >= 15 is 0 Å². The van der Waals surface area contributed by atoms with Crippen molar-refractivity contribution in [3.8, 4) is 0 Å². The summed E-state index contributed by atoms with van der Waals surface area (Å²) >= 11 is 0. The molecule has 4 nitrogen and oxygen atoms in total. The molecular formula is C10H10F3N3O. The van der Waals surface area contributed by atoms with Gasteiger partial charge in [0.05, 0.1) is 5.56 Å². The minimum atomic E-state index is -4.36. The molecule has 2 rings (SSSR count). The Kier molecular flexibility index (Phi) is 2.48. The molecule has 3 N–H and O–H groups in total. The number of carbonyl (C=O) groups is 1. The van der Waals surface area contributed by atoms with Crippen LogP contribution in [0.1, 0.15) is 23.2 Å². The van der Waals surface area contributed by atoms with Gasteiger partial charge in [0.25, 0.3) is 5.91 Å². The van der Waals surface area contributed by atoms with Gasteiger partial charge in [0.15, 0.2) is 0 Å². The first-order valence-corrected chi connectivity index (χ1v) is 4.95. The largest absolute Gasteiger partial charge is 0.411 e. The average Bonchev–Trinajstić information content (AvgIpc) is 2.98. The lowest BCUT2D eigenvalue weighted by Gasteiger charge is -2.22. The highest BCUT2D eigenvalue weighted by atomic mass is 19.4. The molecule has 0 spiro atoms. The Bertz CT molecular complexity index is 454. The van der Waals surface area contributed by atoms with Gasteiger partial charge < -0.3 is 11.1 Å². The van der Waals surface area contributed by atoms with E-state index in [-0.39, 0.29) is 24.2 Å². The number of anilines is 1. The second-order valence-corrected chi connectivity index (χ2v) is 3.97. The van der Waals surface area contributed by atoms with Crippen molar-refractivity contribution in [3.63, 3.8) is 0 Å². The molecule has 1 fully saturated rings. The zero-order chi connectivity index (χ0) is 12.7. The zero-order valence-corrected chi connectivity index (χ0v) is 8.71. The first kappa shape index (κ1) is 11.7. The van der Waals surface area contributed by atoms with Gasteiger partial charge in [-0.25, -0.2) is 4.98 Å². The third-order valence-corrected chi connectivity index (χ3v) is 2.72. The van der Waals surface area contributed by atoms with Gasteiger partial charge in [-0.1, -0.05) is 0 Å². The van der Waals surface area contributed by atoms with Crippen molar-refractivity contribution in [2.75, 3.05) is 5.32 Å². The third-order valence-electron chi connectivity index (χ3n) is 2.72. The van der Waals surface area contributed by atoms with Crippen LogP contribution in [0.4, 0.5) is 19.0 Å². The van der Waals surface area contributed by atoms with Crippen LogP contribution < -0.4 is 11.1 Å². The van der Waals surface area contributed by atoms with E-state index in [9.17, 15) is 18.0 Å². The second-order valence-electron chi connectivity index (χ2n) is 3.97. The number of hydrogen-bond donors (Lipinski definition) is 2. The number of pyridine rings is 1. The van der Waals surface area contributed by atoms with Crippen molar-refractivity contribution < 1.29 is 18.0 Å². The molecule has 0 radical (unpaired) electrons. The zero-order valence-electron chi connectivity index (χ0n) is 8.71. The van der Waals surface area contributed by atoms with Crippen molar-refractivity contribution >= 4 is 11.7 Å². The standard InChI is InChI=1S/C10H10F3N3O/c11-10(12,13)9(3-4-9)16-8-6(7(14)17)2-1-5-15-8/h1-2,5H,3-4H2,(H2,14,17)(H,15,16). The van der Waals surface area contributed by atoms with Gasteiger partial charge >= 0.3 is 6.18 Å². The Balaban J connectivity index is 2.29. The molecule has 1 saturated carbocycles. The number of nitrogens with zero attached hydrogens (tertiary/aromatic N) is 1. The summed E-state index contributed by atoms with van der Waals surface area (Å²) in [4.78, 5) is 14.8. The van der Waals surface area contributed by atoms with Crippen LogP contribution in [-0.2, 0) is 0 Å². The molecule has 17 heavy (non-hydrogen) atoms. The van der Waals surface area contributed by atoms with Crippen LogP contribution in [0.3, 0.4) is 0 Å². The average molecular weight is 245 g/mol. The third kappa shape index (κ3) is 2.04. The SMILES string of the molecule is NC(=O)c1cccnc1NC1(C(F)(F)F)CC1. The van der Waals surface area contributed by atoms with Crippen molar-refractivity contribution in [1.29, 1.82) is 0 Å². The summed E-state index contributed by atoms with van der Waals surface area (Å²) in [5, 5.41) is 2.28. The molecule has 0 aromatic carbocycles. The molecule has 0 atom stereocenters. The maximum absolute atomic E-state index is 12.7. The van der Waals surface area contributed by atoms with E-state index in [0.29, 0.717) is 0 Å². The molecule has 0 unspecified atom stereocenters. The summed E-state index contributed by atoms with van der Waals surface area (Å²) in [5.74, 6) is -0.923. The van der Waals surface area contributed by atoms with E-state index in [1.54, 1.807) is 0 Å². The Morgan fingerprint density at radius 3 is 2.59 bits per heavy atom. The number of rotatable bonds is 3. The van der Waals surface area contributed by atoms with E-state index < -0.39 is 17.6 Å².